The van der Waals surface area contributed by atoms with E-state index in [-0.39, 0.29) is 18.7 Å². The van der Waals surface area contributed by atoms with Crippen LogP contribution in [-0.2, 0) is 17.9 Å². The monoisotopic (exact) mass is 322 g/mol. The van der Waals surface area contributed by atoms with Gasteiger partial charge in [-0.1, -0.05) is 6.07 Å². The number of aliphatic hydroxyl groups is 1. The molecule has 0 aliphatic carbocycles. The predicted molar refractivity (Wildman–Crippen MR) is 83.9 cm³/mol. The molecule has 1 unspecified atom stereocenters. The third kappa shape index (κ3) is 3.38. The van der Waals surface area contributed by atoms with Crippen LogP contribution in [0.4, 0.5) is 0 Å². The van der Waals surface area contributed by atoms with Gasteiger partial charge in [0.25, 0.3) is 5.56 Å². The number of rotatable bonds is 6. The lowest BCUT2D eigenvalue weighted by atomic mass is 10.3. The summed E-state index contributed by atoms with van der Waals surface area (Å²) in [6.07, 6.45) is 0.738. The number of hydrogen-bond acceptors (Lipinski definition) is 6. The van der Waals surface area contributed by atoms with Crippen molar-refractivity contribution in [3.63, 3.8) is 0 Å². The van der Waals surface area contributed by atoms with Gasteiger partial charge in [-0.2, -0.15) is 0 Å². The molecule has 0 aromatic carbocycles. The van der Waals surface area contributed by atoms with Crippen molar-refractivity contribution < 1.29 is 9.84 Å². The molecule has 110 valence electrons. The van der Waals surface area contributed by atoms with E-state index in [2.05, 4.69) is 4.98 Å². The second-order valence-electron chi connectivity index (χ2n) is 4.59. The molecule has 3 aromatic rings. The highest BCUT2D eigenvalue weighted by molar-refractivity contribution is 7.17. The molecule has 3 aromatic heterocycles. The molecule has 0 saturated carbocycles. The Morgan fingerprint density at radius 2 is 2.24 bits per heavy atom. The van der Waals surface area contributed by atoms with Crippen LogP contribution in [0.1, 0.15) is 4.88 Å². The quantitative estimate of drug-likeness (QED) is 0.755. The molecule has 1 atom stereocenters. The van der Waals surface area contributed by atoms with Crippen LogP contribution in [0.5, 0.6) is 0 Å². The summed E-state index contributed by atoms with van der Waals surface area (Å²) in [6, 6.07) is 5.75. The number of aromatic nitrogens is 2. The highest BCUT2D eigenvalue weighted by Gasteiger charge is 2.10. The number of fused-ring (bicyclic) bond motifs is 1. The SMILES string of the molecule is O=c1c2sccc2ncn1CC(O)COCc1cccs1. The summed E-state index contributed by atoms with van der Waals surface area (Å²) in [5.74, 6) is 0. The number of aliphatic hydroxyl groups excluding tert-OH is 1. The number of nitrogens with zero attached hydrogens (tertiary/aromatic N) is 2. The first-order chi connectivity index (χ1) is 10.2. The van der Waals surface area contributed by atoms with Gasteiger partial charge in [-0.25, -0.2) is 4.98 Å². The molecule has 21 heavy (non-hydrogen) atoms. The standard InChI is InChI=1S/C14H14N2O3S2/c17-10(7-19-8-11-2-1-4-20-11)6-16-9-15-12-3-5-21-13(12)14(16)18/h1-5,9-10,17H,6-8H2. The molecular formula is C14H14N2O3S2. The van der Waals surface area contributed by atoms with Gasteiger partial charge < -0.3 is 9.84 Å². The van der Waals surface area contributed by atoms with Gasteiger partial charge in [-0.15, -0.1) is 22.7 Å². The van der Waals surface area contributed by atoms with Crippen LogP contribution in [0, 0.1) is 0 Å². The van der Waals surface area contributed by atoms with Gasteiger partial charge >= 0.3 is 0 Å². The normalized spacial score (nSPS) is 12.8. The minimum Gasteiger partial charge on any atom is -0.389 e. The average Bonchev–Trinajstić information content (AvgIpc) is 3.13. The van der Waals surface area contributed by atoms with Crippen LogP contribution in [0.25, 0.3) is 10.2 Å². The van der Waals surface area contributed by atoms with Crippen molar-refractivity contribution in [3.05, 3.63) is 50.5 Å². The van der Waals surface area contributed by atoms with Gasteiger partial charge in [0.05, 0.1) is 37.7 Å². The fraction of sp³-hybridized carbons (Fsp3) is 0.286. The Labute approximate surface area is 129 Å². The molecule has 0 bridgehead atoms. The molecule has 0 amide bonds. The predicted octanol–water partition coefficient (Wildman–Crippen LogP) is 2.10. The first kappa shape index (κ1) is 14.4. The third-order valence-corrected chi connectivity index (χ3v) is 4.72. The van der Waals surface area contributed by atoms with Crippen molar-refractivity contribution in [2.24, 2.45) is 0 Å². The van der Waals surface area contributed by atoms with Crippen LogP contribution < -0.4 is 5.56 Å². The summed E-state index contributed by atoms with van der Waals surface area (Å²) in [7, 11) is 0. The molecule has 0 spiro atoms. The highest BCUT2D eigenvalue weighted by atomic mass is 32.1. The van der Waals surface area contributed by atoms with E-state index >= 15 is 0 Å². The Morgan fingerprint density at radius 1 is 1.33 bits per heavy atom. The van der Waals surface area contributed by atoms with E-state index in [0.717, 1.165) is 4.88 Å². The Hall–Kier alpha value is -1.54. The lowest BCUT2D eigenvalue weighted by Gasteiger charge is -2.12. The van der Waals surface area contributed by atoms with Crippen molar-refractivity contribution in [1.82, 2.24) is 9.55 Å². The van der Waals surface area contributed by atoms with E-state index in [1.807, 2.05) is 29.0 Å². The topological polar surface area (TPSA) is 64.4 Å². The van der Waals surface area contributed by atoms with Crippen molar-refractivity contribution in [2.45, 2.75) is 19.3 Å². The van der Waals surface area contributed by atoms with E-state index in [9.17, 15) is 9.90 Å². The average molecular weight is 322 g/mol. The van der Waals surface area contributed by atoms with Crippen LogP contribution >= 0.6 is 22.7 Å². The molecule has 0 radical (unpaired) electrons. The van der Waals surface area contributed by atoms with E-state index < -0.39 is 6.10 Å². The maximum Gasteiger partial charge on any atom is 0.271 e. The number of hydrogen-bond donors (Lipinski definition) is 1. The van der Waals surface area contributed by atoms with Crippen LogP contribution in [0.15, 0.2) is 40.1 Å². The molecule has 3 rings (SSSR count). The minimum atomic E-state index is -0.734. The lowest BCUT2D eigenvalue weighted by molar-refractivity contribution is 0.0208. The van der Waals surface area contributed by atoms with Crippen molar-refractivity contribution >= 4 is 32.9 Å². The zero-order valence-electron chi connectivity index (χ0n) is 11.1. The van der Waals surface area contributed by atoms with E-state index in [0.29, 0.717) is 16.8 Å². The summed E-state index contributed by atoms with van der Waals surface area (Å²) in [5, 5.41) is 13.8. The Morgan fingerprint density at radius 3 is 3.05 bits per heavy atom. The van der Waals surface area contributed by atoms with E-state index in [1.54, 1.807) is 11.3 Å². The van der Waals surface area contributed by atoms with Gasteiger partial charge in [0.2, 0.25) is 0 Å². The van der Waals surface area contributed by atoms with Crippen molar-refractivity contribution in [1.29, 1.82) is 0 Å². The van der Waals surface area contributed by atoms with Gasteiger partial charge in [-0.05, 0) is 22.9 Å². The Kier molecular flexibility index (Phi) is 4.45. The van der Waals surface area contributed by atoms with Crippen LogP contribution in [0.3, 0.4) is 0 Å². The number of ether oxygens (including phenoxy) is 1. The van der Waals surface area contributed by atoms with Gasteiger partial charge in [-0.3, -0.25) is 9.36 Å². The molecule has 3 heterocycles. The summed E-state index contributed by atoms with van der Waals surface area (Å²) in [6.45, 7) is 0.850. The fourth-order valence-electron chi connectivity index (χ4n) is 1.98. The first-order valence-corrected chi connectivity index (χ1v) is 8.21. The van der Waals surface area contributed by atoms with Crippen LogP contribution in [-0.4, -0.2) is 27.4 Å². The lowest BCUT2D eigenvalue weighted by Crippen LogP contribution is -2.29. The third-order valence-electron chi connectivity index (χ3n) is 2.98. The van der Waals surface area contributed by atoms with E-state index in [4.69, 9.17) is 4.74 Å². The second kappa shape index (κ2) is 6.48. The van der Waals surface area contributed by atoms with Crippen LogP contribution in [0.2, 0.25) is 0 Å². The second-order valence-corrected chi connectivity index (χ2v) is 6.53. The van der Waals surface area contributed by atoms with Crippen molar-refractivity contribution in [3.8, 4) is 0 Å². The molecule has 0 aliphatic heterocycles. The Balaban J connectivity index is 1.59. The molecular weight excluding hydrogens is 308 g/mol. The maximum absolute atomic E-state index is 12.2. The van der Waals surface area contributed by atoms with Crippen molar-refractivity contribution in [2.75, 3.05) is 6.61 Å². The summed E-state index contributed by atoms with van der Waals surface area (Å²) in [5.41, 5.74) is 0.581. The molecule has 0 fully saturated rings. The maximum atomic E-state index is 12.2. The van der Waals surface area contributed by atoms with Gasteiger partial charge in [0.15, 0.2) is 0 Å². The number of thiophene rings is 2. The fourth-order valence-corrected chi connectivity index (χ4v) is 3.41. The largest absolute Gasteiger partial charge is 0.389 e. The first-order valence-electron chi connectivity index (χ1n) is 6.45. The zero-order chi connectivity index (χ0) is 14.7. The molecule has 0 aliphatic rings. The molecule has 0 saturated heterocycles. The minimum absolute atomic E-state index is 0.118. The van der Waals surface area contributed by atoms with E-state index in [1.165, 1.54) is 22.2 Å². The molecule has 5 nitrogen and oxygen atoms in total. The summed E-state index contributed by atoms with van der Waals surface area (Å²) in [4.78, 5) is 17.5. The Bertz CT molecular complexity index is 764. The van der Waals surface area contributed by atoms with Gasteiger partial charge in [0.1, 0.15) is 4.70 Å². The molecule has 7 heteroatoms. The smallest absolute Gasteiger partial charge is 0.271 e. The zero-order valence-corrected chi connectivity index (χ0v) is 12.8. The summed E-state index contributed by atoms with van der Waals surface area (Å²) < 4.78 is 7.50. The highest BCUT2D eigenvalue weighted by Crippen LogP contribution is 2.13. The summed E-state index contributed by atoms with van der Waals surface area (Å²) >= 11 is 2.98. The molecule has 1 N–H and O–H groups in total. The van der Waals surface area contributed by atoms with Gasteiger partial charge in [0, 0.05) is 4.88 Å².